The molecular formula is C10H8N2O5. The van der Waals surface area contributed by atoms with Crippen molar-refractivity contribution in [2.75, 3.05) is 7.11 Å². The number of fused-ring (bicyclic) bond motifs is 1. The van der Waals surface area contributed by atoms with Gasteiger partial charge in [0.15, 0.2) is 0 Å². The Morgan fingerprint density at radius 2 is 2.24 bits per heavy atom. The van der Waals surface area contributed by atoms with Gasteiger partial charge < -0.3 is 9.26 Å². The van der Waals surface area contributed by atoms with Crippen LogP contribution in [0.4, 0.5) is 5.69 Å². The molecule has 0 amide bonds. The molecule has 0 N–H and O–H groups in total. The number of rotatable bonds is 2. The van der Waals surface area contributed by atoms with E-state index in [2.05, 4.69) is 9.89 Å². The van der Waals surface area contributed by atoms with Crippen LogP contribution in [0.3, 0.4) is 0 Å². The summed E-state index contributed by atoms with van der Waals surface area (Å²) >= 11 is 0. The Labute approximate surface area is 95.1 Å². The van der Waals surface area contributed by atoms with E-state index in [0.29, 0.717) is 16.5 Å². The van der Waals surface area contributed by atoms with Gasteiger partial charge in [-0.3, -0.25) is 10.1 Å². The quantitative estimate of drug-likeness (QED) is 0.448. The molecule has 2 rings (SSSR count). The molecule has 1 aromatic heterocycles. The molecule has 2 aromatic rings. The molecule has 0 atom stereocenters. The Morgan fingerprint density at radius 1 is 1.53 bits per heavy atom. The van der Waals surface area contributed by atoms with Gasteiger partial charge in [-0.1, -0.05) is 5.16 Å². The number of hydrogen-bond acceptors (Lipinski definition) is 6. The highest BCUT2D eigenvalue weighted by Crippen LogP contribution is 2.28. The van der Waals surface area contributed by atoms with E-state index in [1.54, 1.807) is 6.92 Å². The highest BCUT2D eigenvalue weighted by molar-refractivity contribution is 6.02. The lowest BCUT2D eigenvalue weighted by molar-refractivity contribution is -0.385. The lowest BCUT2D eigenvalue weighted by Gasteiger charge is -1.97. The second-order valence-corrected chi connectivity index (χ2v) is 3.37. The van der Waals surface area contributed by atoms with E-state index in [0.717, 1.165) is 0 Å². The van der Waals surface area contributed by atoms with Gasteiger partial charge in [-0.25, -0.2) is 4.79 Å². The average molecular weight is 236 g/mol. The van der Waals surface area contributed by atoms with Gasteiger partial charge in [0, 0.05) is 6.07 Å². The van der Waals surface area contributed by atoms with Crippen LogP contribution in [-0.2, 0) is 4.74 Å². The van der Waals surface area contributed by atoms with Crippen LogP contribution in [0, 0.1) is 17.0 Å². The molecule has 0 saturated carbocycles. The largest absolute Gasteiger partial charge is 0.463 e. The van der Waals surface area contributed by atoms with E-state index in [1.807, 2.05) is 0 Å². The van der Waals surface area contributed by atoms with Crippen LogP contribution in [0.25, 0.3) is 10.9 Å². The molecule has 0 radical (unpaired) electrons. The summed E-state index contributed by atoms with van der Waals surface area (Å²) in [4.78, 5) is 21.5. The molecule has 0 aliphatic heterocycles. The third-order valence-corrected chi connectivity index (χ3v) is 2.44. The summed E-state index contributed by atoms with van der Waals surface area (Å²) in [6.07, 6.45) is 0. The average Bonchev–Trinajstić information content (AvgIpc) is 2.72. The summed E-state index contributed by atoms with van der Waals surface area (Å²) in [5.41, 5.74) is 0.577. The SMILES string of the molecule is COC(=O)c1onc2c(C)c([N+](=O)[O-])ccc12. The number of esters is 1. The predicted octanol–water partition coefficient (Wildman–Crippen LogP) is 1.83. The lowest BCUT2D eigenvalue weighted by Crippen LogP contribution is -1.99. The van der Waals surface area contributed by atoms with E-state index < -0.39 is 10.9 Å². The second kappa shape index (κ2) is 3.85. The molecule has 7 heteroatoms. The van der Waals surface area contributed by atoms with Crippen molar-refractivity contribution in [1.82, 2.24) is 5.16 Å². The minimum absolute atomic E-state index is 0.0551. The fraction of sp³-hybridized carbons (Fsp3) is 0.200. The fourth-order valence-corrected chi connectivity index (χ4v) is 1.57. The van der Waals surface area contributed by atoms with Crippen LogP contribution >= 0.6 is 0 Å². The topological polar surface area (TPSA) is 95.5 Å². The van der Waals surface area contributed by atoms with Gasteiger partial charge >= 0.3 is 5.97 Å². The number of nitrogens with zero attached hydrogens (tertiary/aromatic N) is 2. The van der Waals surface area contributed by atoms with Crippen molar-refractivity contribution < 1.29 is 19.0 Å². The molecule has 0 saturated heterocycles. The van der Waals surface area contributed by atoms with Gasteiger partial charge in [0.25, 0.3) is 11.4 Å². The van der Waals surface area contributed by atoms with Crippen molar-refractivity contribution in [3.05, 3.63) is 33.6 Å². The maximum absolute atomic E-state index is 11.3. The summed E-state index contributed by atoms with van der Waals surface area (Å²) < 4.78 is 9.35. The number of carbonyl (C=O) groups is 1. The van der Waals surface area contributed by atoms with Gasteiger partial charge in [0.05, 0.1) is 23.0 Å². The molecule has 0 aliphatic rings. The molecule has 0 bridgehead atoms. The Hall–Kier alpha value is -2.44. The standard InChI is InChI=1S/C10H8N2O5/c1-5-7(12(14)15)4-3-6-8(5)11-17-9(6)10(13)16-2/h3-4H,1-2H3. The minimum atomic E-state index is -0.666. The summed E-state index contributed by atoms with van der Waals surface area (Å²) in [5.74, 6) is -0.721. The van der Waals surface area contributed by atoms with E-state index in [-0.39, 0.29) is 11.4 Å². The van der Waals surface area contributed by atoms with Crippen molar-refractivity contribution in [3.63, 3.8) is 0 Å². The molecule has 0 spiro atoms. The van der Waals surface area contributed by atoms with Crippen LogP contribution in [0.15, 0.2) is 16.7 Å². The zero-order valence-electron chi connectivity index (χ0n) is 9.09. The van der Waals surface area contributed by atoms with Gasteiger partial charge in [-0.05, 0) is 13.0 Å². The Morgan fingerprint density at radius 3 is 2.82 bits per heavy atom. The molecule has 17 heavy (non-hydrogen) atoms. The number of hydrogen-bond donors (Lipinski definition) is 0. The van der Waals surface area contributed by atoms with Crippen LogP contribution in [-0.4, -0.2) is 23.2 Å². The lowest BCUT2D eigenvalue weighted by atomic mass is 10.1. The van der Waals surface area contributed by atoms with Crippen molar-refractivity contribution in [2.24, 2.45) is 0 Å². The Balaban J connectivity index is 2.70. The number of nitro benzene ring substituents is 1. The first-order chi connectivity index (χ1) is 8.06. The maximum Gasteiger partial charge on any atom is 0.377 e. The molecule has 0 fully saturated rings. The molecule has 7 nitrogen and oxygen atoms in total. The normalized spacial score (nSPS) is 10.5. The summed E-state index contributed by atoms with van der Waals surface area (Å²) in [6.45, 7) is 1.55. The van der Waals surface area contributed by atoms with Crippen LogP contribution in [0.5, 0.6) is 0 Å². The first kappa shape index (κ1) is 11.1. The second-order valence-electron chi connectivity index (χ2n) is 3.37. The third kappa shape index (κ3) is 1.61. The number of carbonyl (C=O) groups excluding carboxylic acids is 1. The van der Waals surface area contributed by atoms with Crippen molar-refractivity contribution in [2.45, 2.75) is 6.92 Å². The van der Waals surface area contributed by atoms with E-state index in [9.17, 15) is 14.9 Å². The highest BCUT2D eigenvalue weighted by atomic mass is 16.6. The number of aryl methyl sites for hydroxylation is 1. The van der Waals surface area contributed by atoms with Crippen LogP contribution in [0.1, 0.15) is 16.1 Å². The fourth-order valence-electron chi connectivity index (χ4n) is 1.57. The molecule has 0 unspecified atom stereocenters. The summed E-state index contributed by atoms with van der Waals surface area (Å²) in [6, 6.07) is 2.73. The molecule has 88 valence electrons. The number of nitro groups is 1. The number of aromatic nitrogens is 1. The van der Waals surface area contributed by atoms with Gasteiger partial charge in [-0.15, -0.1) is 0 Å². The van der Waals surface area contributed by atoms with E-state index >= 15 is 0 Å². The number of benzene rings is 1. The van der Waals surface area contributed by atoms with E-state index in [4.69, 9.17) is 4.52 Å². The molecule has 0 aliphatic carbocycles. The molecular weight excluding hydrogens is 228 g/mol. The predicted molar refractivity (Wildman–Crippen MR) is 56.7 cm³/mol. The first-order valence-electron chi connectivity index (χ1n) is 4.68. The van der Waals surface area contributed by atoms with Gasteiger partial charge in [0.2, 0.25) is 0 Å². The number of ether oxygens (including phenoxy) is 1. The van der Waals surface area contributed by atoms with Gasteiger partial charge in [-0.2, -0.15) is 0 Å². The summed E-state index contributed by atoms with van der Waals surface area (Å²) in [5, 5.41) is 14.8. The summed E-state index contributed by atoms with van der Waals surface area (Å²) in [7, 11) is 1.22. The molecule has 1 heterocycles. The highest BCUT2D eigenvalue weighted by Gasteiger charge is 2.22. The Kier molecular flexibility index (Phi) is 2.51. The third-order valence-electron chi connectivity index (χ3n) is 2.44. The zero-order chi connectivity index (χ0) is 12.6. The molecule has 1 aromatic carbocycles. The van der Waals surface area contributed by atoms with Gasteiger partial charge in [0.1, 0.15) is 5.52 Å². The van der Waals surface area contributed by atoms with E-state index in [1.165, 1.54) is 19.2 Å². The maximum atomic E-state index is 11.3. The van der Waals surface area contributed by atoms with Crippen molar-refractivity contribution >= 4 is 22.6 Å². The minimum Gasteiger partial charge on any atom is -0.463 e. The monoisotopic (exact) mass is 236 g/mol. The zero-order valence-corrected chi connectivity index (χ0v) is 9.09. The Bertz CT molecular complexity index is 616. The van der Waals surface area contributed by atoms with Crippen LogP contribution in [0.2, 0.25) is 0 Å². The smallest absolute Gasteiger partial charge is 0.377 e. The first-order valence-corrected chi connectivity index (χ1v) is 4.68. The van der Waals surface area contributed by atoms with Crippen LogP contribution < -0.4 is 0 Å². The van der Waals surface area contributed by atoms with Crippen molar-refractivity contribution in [1.29, 1.82) is 0 Å². The van der Waals surface area contributed by atoms with Crippen molar-refractivity contribution in [3.8, 4) is 0 Å². The number of methoxy groups -OCH3 is 1.